The second kappa shape index (κ2) is 7.82. The average molecular weight is 410 g/mol. The fourth-order valence-corrected chi connectivity index (χ4v) is 3.82. The van der Waals surface area contributed by atoms with Crippen molar-refractivity contribution in [2.45, 2.75) is 32.8 Å². The van der Waals surface area contributed by atoms with Crippen molar-refractivity contribution < 1.29 is 23.4 Å². The molecular formula is C23H23FN2O4. The average Bonchev–Trinajstić information content (AvgIpc) is 3.12. The van der Waals surface area contributed by atoms with Crippen molar-refractivity contribution >= 4 is 6.29 Å². The van der Waals surface area contributed by atoms with E-state index >= 15 is 0 Å². The molecule has 2 heterocycles. The number of hydrogen-bond acceptors (Lipinski definition) is 5. The number of hydrogen-bond donors (Lipinski definition) is 0. The van der Waals surface area contributed by atoms with E-state index in [-0.39, 0.29) is 11.9 Å². The predicted molar refractivity (Wildman–Crippen MR) is 111 cm³/mol. The van der Waals surface area contributed by atoms with Crippen LogP contribution in [0.25, 0.3) is 17.1 Å². The molecule has 156 valence electrons. The Morgan fingerprint density at radius 3 is 2.47 bits per heavy atom. The lowest BCUT2D eigenvalue weighted by atomic mass is 9.99. The Labute approximate surface area is 174 Å². The highest BCUT2D eigenvalue weighted by Crippen LogP contribution is 2.39. The highest BCUT2D eigenvalue weighted by molar-refractivity contribution is 5.78. The Kier molecular flexibility index (Phi) is 5.20. The first-order chi connectivity index (χ1) is 14.5. The van der Waals surface area contributed by atoms with Crippen LogP contribution >= 0.6 is 0 Å². The van der Waals surface area contributed by atoms with E-state index in [9.17, 15) is 9.18 Å². The topological polar surface area (TPSA) is 62.6 Å². The number of ether oxygens (including phenoxy) is 3. The predicted octanol–water partition coefficient (Wildman–Crippen LogP) is 4.39. The van der Waals surface area contributed by atoms with E-state index in [0.29, 0.717) is 35.0 Å². The van der Waals surface area contributed by atoms with Crippen LogP contribution < -0.4 is 14.2 Å². The number of carbonyl (C=O) groups is 1. The number of aldehydes is 1. The van der Waals surface area contributed by atoms with Gasteiger partial charge in [-0.1, -0.05) is 0 Å². The van der Waals surface area contributed by atoms with Gasteiger partial charge in [-0.15, -0.1) is 0 Å². The normalized spacial score (nSPS) is 12.3. The fourth-order valence-electron chi connectivity index (χ4n) is 3.82. The first-order valence-electron chi connectivity index (χ1n) is 9.75. The van der Waals surface area contributed by atoms with Crippen LogP contribution in [0.5, 0.6) is 17.2 Å². The fraction of sp³-hybridized carbons (Fsp3) is 0.304. The molecule has 6 nitrogen and oxygen atoms in total. The summed E-state index contributed by atoms with van der Waals surface area (Å²) >= 11 is 0. The summed E-state index contributed by atoms with van der Waals surface area (Å²) in [6.07, 6.45) is 2.08. The summed E-state index contributed by atoms with van der Waals surface area (Å²) in [5.74, 6) is 1.41. The summed E-state index contributed by atoms with van der Waals surface area (Å²) < 4.78 is 32.8. The zero-order valence-electron chi connectivity index (χ0n) is 17.4. The van der Waals surface area contributed by atoms with Gasteiger partial charge in [-0.2, -0.15) is 0 Å². The Hall–Kier alpha value is -3.35. The number of rotatable bonds is 6. The second-order valence-electron chi connectivity index (χ2n) is 7.37. The van der Waals surface area contributed by atoms with E-state index < -0.39 is 5.82 Å². The van der Waals surface area contributed by atoms with E-state index in [1.165, 1.54) is 13.2 Å². The van der Waals surface area contributed by atoms with E-state index in [0.717, 1.165) is 29.7 Å². The molecule has 30 heavy (non-hydrogen) atoms. The molecule has 0 N–H and O–H groups in total. The number of halogens is 1. The summed E-state index contributed by atoms with van der Waals surface area (Å²) in [6.45, 7) is 3.88. The van der Waals surface area contributed by atoms with Gasteiger partial charge in [0.05, 0.1) is 31.7 Å². The molecule has 0 aliphatic carbocycles. The van der Waals surface area contributed by atoms with Gasteiger partial charge in [0.1, 0.15) is 11.5 Å². The maximum absolute atomic E-state index is 14.4. The third kappa shape index (κ3) is 3.30. The van der Waals surface area contributed by atoms with Gasteiger partial charge in [-0.3, -0.25) is 9.36 Å². The number of aromatic nitrogens is 2. The van der Waals surface area contributed by atoms with Gasteiger partial charge in [-0.25, -0.2) is 9.37 Å². The number of aryl methyl sites for hydroxylation is 1. The van der Waals surface area contributed by atoms with Crippen LogP contribution in [0.4, 0.5) is 4.39 Å². The van der Waals surface area contributed by atoms with Crippen LogP contribution in [0.3, 0.4) is 0 Å². The molecule has 0 spiro atoms. The largest absolute Gasteiger partial charge is 0.494 e. The molecule has 7 heteroatoms. The summed E-state index contributed by atoms with van der Waals surface area (Å²) in [4.78, 5) is 16.2. The van der Waals surface area contributed by atoms with Crippen molar-refractivity contribution in [2.75, 3.05) is 14.2 Å². The van der Waals surface area contributed by atoms with Gasteiger partial charge in [0, 0.05) is 11.6 Å². The highest BCUT2D eigenvalue weighted by Gasteiger charge is 2.27. The summed E-state index contributed by atoms with van der Waals surface area (Å²) in [7, 11) is 3.02. The number of carbonyl (C=O) groups excluding carboxylic acids is 1. The first-order valence-corrected chi connectivity index (χ1v) is 9.75. The van der Waals surface area contributed by atoms with Crippen molar-refractivity contribution in [2.24, 2.45) is 0 Å². The molecule has 0 unspecified atom stereocenters. The van der Waals surface area contributed by atoms with Gasteiger partial charge < -0.3 is 14.2 Å². The van der Waals surface area contributed by atoms with E-state index in [4.69, 9.17) is 14.2 Å². The highest BCUT2D eigenvalue weighted by atomic mass is 19.1. The minimum atomic E-state index is -0.491. The molecule has 2 aromatic carbocycles. The molecule has 4 rings (SSSR count). The first kappa shape index (κ1) is 19.9. The van der Waals surface area contributed by atoms with Gasteiger partial charge in [0.15, 0.2) is 29.4 Å². The molecule has 0 bridgehead atoms. The van der Waals surface area contributed by atoms with Crippen LogP contribution in [0.2, 0.25) is 0 Å². The Balaban J connectivity index is 1.94. The molecule has 1 aromatic heterocycles. The van der Waals surface area contributed by atoms with Crippen molar-refractivity contribution in [1.82, 2.24) is 9.55 Å². The maximum atomic E-state index is 14.4. The Morgan fingerprint density at radius 1 is 1.07 bits per heavy atom. The third-order valence-corrected chi connectivity index (χ3v) is 5.12. The number of imidazole rings is 1. The molecule has 1 aliphatic heterocycles. The van der Waals surface area contributed by atoms with Crippen molar-refractivity contribution in [3.8, 4) is 34.3 Å². The SMILES string of the molecule is COc1ccc(-c2nc(C=O)c3n2-c2cc(OC(C)C)c(OC)cc2CC3)cc1F. The second-order valence-corrected chi connectivity index (χ2v) is 7.37. The van der Waals surface area contributed by atoms with Crippen LogP contribution in [0.15, 0.2) is 30.3 Å². The van der Waals surface area contributed by atoms with E-state index in [1.54, 1.807) is 19.2 Å². The standard InChI is InChI=1S/C23H23FN2O4/c1-13(2)30-22-11-19-14(10-21(22)29-4)5-7-18-17(12-27)25-23(26(18)19)15-6-8-20(28-3)16(24)9-15/h6,8-13H,5,7H2,1-4H3. The Bertz CT molecular complexity index is 1120. The molecule has 0 fully saturated rings. The molecule has 0 radical (unpaired) electrons. The lowest BCUT2D eigenvalue weighted by molar-refractivity contribution is 0.111. The quantitative estimate of drug-likeness (QED) is 0.564. The molecular weight excluding hydrogens is 387 g/mol. The zero-order chi connectivity index (χ0) is 21.4. The molecule has 0 amide bonds. The lowest BCUT2D eigenvalue weighted by Gasteiger charge is -2.24. The summed E-state index contributed by atoms with van der Waals surface area (Å²) in [5, 5.41) is 0. The van der Waals surface area contributed by atoms with Gasteiger partial charge >= 0.3 is 0 Å². The number of benzene rings is 2. The number of methoxy groups -OCH3 is 2. The van der Waals surface area contributed by atoms with Crippen molar-refractivity contribution in [3.05, 3.63) is 53.1 Å². The van der Waals surface area contributed by atoms with E-state index in [2.05, 4.69) is 4.98 Å². The number of fused-ring (bicyclic) bond motifs is 3. The Morgan fingerprint density at radius 2 is 1.83 bits per heavy atom. The smallest absolute Gasteiger partial charge is 0.170 e. The van der Waals surface area contributed by atoms with Crippen LogP contribution in [0.1, 0.15) is 35.6 Å². The molecule has 0 saturated heterocycles. The molecule has 1 aliphatic rings. The van der Waals surface area contributed by atoms with Gasteiger partial charge in [0.2, 0.25) is 0 Å². The van der Waals surface area contributed by atoms with Crippen molar-refractivity contribution in [3.63, 3.8) is 0 Å². The van der Waals surface area contributed by atoms with Crippen LogP contribution in [-0.2, 0) is 12.8 Å². The third-order valence-electron chi connectivity index (χ3n) is 5.12. The van der Waals surface area contributed by atoms with Gasteiger partial charge in [-0.05, 0) is 56.5 Å². The summed E-state index contributed by atoms with van der Waals surface area (Å²) in [6, 6.07) is 8.51. The van der Waals surface area contributed by atoms with Crippen molar-refractivity contribution in [1.29, 1.82) is 0 Å². The molecule has 0 saturated carbocycles. The number of nitrogens with zero attached hydrogens (tertiary/aromatic N) is 2. The summed E-state index contributed by atoms with van der Waals surface area (Å²) in [5.41, 5.74) is 3.59. The molecule has 0 atom stereocenters. The lowest BCUT2D eigenvalue weighted by Crippen LogP contribution is -2.15. The minimum Gasteiger partial charge on any atom is -0.494 e. The minimum absolute atomic E-state index is 0.0384. The van der Waals surface area contributed by atoms with E-state index in [1.807, 2.05) is 30.5 Å². The zero-order valence-corrected chi connectivity index (χ0v) is 17.4. The maximum Gasteiger partial charge on any atom is 0.170 e. The van der Waals surface area contributed by atoms with Crippen LogP contribution in [-0.4, -0.2) is 36.2 Å². The van der Waals surface area contributed by atoms with Crippen LogP contribution in [0, 0.1) is 5.82 Å². The monoisotopic (exact) mass is 410 g/mol. The molecule has 3 aromatic rings. The van der Waals surface area contributed by atoms with Gasteiger partial charge in [0.25, 0.3) is 0 Å².